The van der Waals surface area contributed by atoms with E-state index in [0.717, 1.165) is 63.3 Å². The molecule has 2 aliphatic rings. The molecule has 6 nitrogen and oxygen atoms in total. The Morgan fingerprint density at radius 2 is 1.81 bits per heavy atom. The number of benzene rings is 2. The molecule has 37 heavy (non-hydrogen) atoms. The number of pyridine rings is 1. The van der Waals surface area contributed by atoms with Crippen LogP contribution in [0.15, 0.2) is 69.7 Å². The molecule has 5 rings (SSSR count). The molecule has 0 N–H and O–H groups in total. The van der Waals surface area contributed by atoms with Gasteiger partial charge in [-0.15, -0.1) is 0 Å². The molecule has 1 saturated heterocycles. The summed E-state index contributed by atoms with van der Waals surface area (Å²) < 4.78 is 29.9. The Labute approximate surface area is 222 Å². The first-order chi connectivity index (χ1) is 17.9. The fourth-order valence-corrected chi connectivity index (χ4v) is 5.17. The van der Waals surface area contributed by atoms with Crippen LogP contribution in [0.1, 0.15) is 36.8 Å². The van der Waals surface area contributed by atoms with Crippen molar-refractivity contribution in [2.75, 3.05) is 19.6 Å². The number of nitrogens with zero attached hydrogens (tertiary/aromatic N) is 4. The maximum absolute atomic E-state index is 14.9. The van der Waals surface area contributed by atoms with Crippen LogP contribution in [0.25, 0.3) is 5.69 Å². The van der Waals surface area contributed by atoms with E-state index in [-0.39, 0.29) is 33.0 Å². The van der Waals surface area contributed by atoms with Crippen molar-refractivity contribution in [3.8, 4) is 5.69 Å². The minimum absolute atomic E-state index is 0.0367. The van der Waals surface area contributed by atoms with Crippen molar-refractivity contribution in [1.82, 2.24) is 9.47 Å². The molecule has 0 spiro atoms. The Hall–Kier alpha value is -3.23. The molecule has 2 aromatic carbocycles. The molecule has 0 unspecified atom stereocenters. The molecule has 0 bridgehead atoms. The standard InChI is InChI=1S/C27H24Cl2F2N4O2/c28-21-3-1-4-22(29)27(21)35-16-17(6-9-25(35)36)26(20-8-7-18(30)15-23(20)31)33-37-19-10-13-34(14-11-19)24-5-2-12-32-24/h1,3-4,6-9,15-16,19H,2,5,10-14H2. The lowest BCUT2D eigenvalue weighted by Gasteiger charge is -2.32. The van der Waals surface area contributed by atoms with Gasteiger partial charge in [0, 0.05) is 68.4 Å². The van der Waals surface area contributed by atoms with Crippen LogP contribution in [-0.4, -0.2) is 46.8 Å². The molecular weight excluding hydrogens is 521 g/mol. The third-order valence-electron chi connectivity index (χ3n) is 6.50. The normalized spacial score (nSPS) is 16.7. The molecule has 3 heterocycles. The minimum atomic E-state index is -0.801. The summed E-state index contributed by atoms with van der Waals surface area (Å²) in [4.78, 5) is 25.5. The zero-order valence-corrected chi connectivity index (χ0v) is 21.4. The van der Waals surface area contributed by atoms with Crippen molar-refractivity contribution in [3.63, 3.8) is 0 Å². The Bertz CT molecular complexity index is 1410. The van der Waals surface area contributed by atoms with Crippen LogP contribution >= 0.6 is 23.2 Å². The van der Waals surface area contributed by atoms with Crippen LogP contribution in [-0.2, 0) is 4.84 Å². The van der Waals surface area contributed by atoms with Gasteiger partial charge in [0.05, 0.1) is 21.6 Å². The number of aliphatic imine (C=N–C) groups is 1. The second kappa shape index (κ2) is 11.0. The van der Waals surface area contributed by atoms with E-state index in [4.69, 9.17) is 28.0 Å². The zero-order chi connectivity index (χ0) is 25.9. The second-order valence-electron chi connectivity index (χ2n) is 8.95. The average molecular weight is 545 g/mol. The van der Waals surface area contributed by atoms with E-state index in [1.54, 1.807) is 18.2 Å². The third-order valence-corrected chi connectivity index (χ3v) is 7.11. The van der Waals surface area contributed by atoms with Crippen LogP contribution in [0, 0.1) is 11.6 Å². The Morgan fingerprint density at radius 3 is 2.49 bits per heavy atom. The van der Waals surface area contributed by atoms with Crippen molar-refractivity contribution in [2.24, 2.45) is 10.1 Å². The molecule has 0 atom stereocenters. The van der Waals surface area contributed by atoms with Crippen LogP contribution in [0.2, 0.25) is 10.0 Å². The number of aromatic nitrogens is 1. The summed E-state index contributed by atoms with van der Waals surface area (Å²) in [6, 6.07) is 10.9. The lowest BCUT2D eigenvalue weighted by molar-refractivity contribution is 0.0232. The predicted molar refractivity (Wildman–Crippen MR) is 141 cm³/mol. The maximum Gasteiger partial charge on any atom is 0.255 e. The molecule has 0 amide bonds. The van der Waals surface area contributed by atoms with Gasteiger partial charge in [0.1, 0.15) is 23.5 Å². The number of rotatable bonds is 5. The van der Waals surface area contributed by atoms with E-state index in [9.17, 15) is 13.6 Å². The highest BCUT2D eigenvalue weighted by Gasteiger charge is 2.25. The molecule has 0 aliphatic carbocycles. The highest BCUT2D eigenvalue weighted by atomic mass is 35.5. The van der Waals surface area contributed by atoms with E-state index in [1.807, 2.05) is 0 Å². The van der Waals surface area contributed by atoms with Gasteiger partial charge in [-0.3, -0.25) is 14.4 Å². The number of oxime groups is 1. The first-order valence-corrected chi connectivity index (χ1v) is 12.8. The van der Waals surface area contributed by atoms with Crippen molar-refractivity contribution in [2.45, 2.75) is 31.8 Å². The van der Waals surface area contributed by atoms with E-state index >= 15 is 0 Å². The van der Waals surface area contributed by atoms with Crippen molar-refractivity contribution in [1.29, 1.82) is 0 Å². The minimum Gasteiger partial charge on any atom is -0.392 e. The summed E-state index contributed by atoms with van der Waals surface area (Å²) in [5.74, 6) is -0.363. The van der Waals surface area contributed by atoms with Gasteiger partial charge in [-0.05, 0) is 36.8 Å². The Kier molecular flexibility index (Phi) is 7.58. The number of piperidine rings is 1. The summed E-state index contributed by atoms with van der Waals surface area (Å²) in [6.45, 7) is 2.48. The molecule has 10 heteroatoms. The monoisotopic (exact) mass is 544 g/mol. The van der Waals surface area contributed by atoms with Gasteiger partial charge < -0.3 is 9.74 Å². The first kappa shape index (κ1) is 25.4. The van der Waals surface area contributed by atoms with Crippen LogP contribution in [0.3, 0.4) is 0 Å². The molecule has 1 aromatic heterocycles. The predicted octanol–water partition coefficient (Wildman–Crippen LogP) is 5.85. The Morgan fingerprint density at radius 1 is 1.05 bits per heavy atom. The summed E-state index contributed by atoms with van der Waals surface area (Å²) in [5, 5.41) is 4.88. The largest absolute Gasteiger partial charge is 0.392 e. The average Bonchev–Trinajstić information content (AvgIpc) is 3.42. The molecule has 192 valence electrons. The summed E-state index contributed by atoms with van der Waals surface area (Å²) >= 11 is 12.7. The van der Waals surface area contributed by atoms with Gasteiger partial charge in [0.15, 0.2) is 0 Å². The van der Waals surface area contributed by atoms with Gasteiger partial charge in [-0.25, -0.2) is 8.78 Å². The molecule has 3 aromatic rings. The van der Waals surface area contributed by atoms with Crippen LogP contribution in [0.4, 0.5) is 8.78 Å². The number of para-hydroxylation sites is 1. The maximum atomic E-state index is 14.9. The highest BCUT2D eigenvalue weighted by Crippen LogP contribution is 2.28. The quantitative estimate of drug-likeness (QED) is 0.299. The highest BCUT2D eigenvalue weighted by molar-refractivity contribution is 6.37. The SMILES string of the molecule is O=c1ccc(C(=NOC2CCN(C3=NCCC3)CC2)c2ccc(F)cc2F)cn1-c1c(Cl)cccc1Cl. The molecular formula is C27H24Cl2F2N4O2. The number of likely N-dealkylation sites (tertiary alicyclic amines) is 1. The van der Waals surface area contributed by atoms with Crippen LogP contribution < -0.4 is 5.56 Å². The summed E-state index contributed by atoms with van der Waals surface area (Å²) in [5.41, 5.74) is 0.436. The van der Waals surface area contributed by atoms with E-state index in [1.165, 1.54) is 29.0 Å². The van der Waals surface area contributed by atoms with Crippen molar-refractivity contribution >= 4 is 34.7 Å². The number of halogens is 4. The summed E-state index contributed by atoms with van der Waals surface area (Å²) in [7, 11) is 0. The van der Waals surface area contributed by atoms with E-state index in [0.29, 0.717) is 11.3 Å². The molecule has 0 radical (unpaired) electrons. The van der Waals surface area contributed by atoms with Gasteiger partial charge in [-0.1, -0.05) is 34.4 Å². The number of hydrogen-bond acceptors (Lipinski definition) is 5. The molecule has 1 fully saturated rings. The lowest BCUT2D eigenvalue weighted by atomic mass is 10.0. The van der Waals surface area contributed by atoms with E-state index < -0.39 is 11.6 Å². The van der Waals surface area contributed by atoms with Gasteiger partial charge in [0.25, 0.3) is 5.56 Å². The number of amidine groups is 1. The van der Waals surface area contributed by atoms with Crippen molar-refractivity contribution < 1.29 is 13.6 Å². The van der Waals surface area contributed by atoms with Crippen LogP contribution in [0.5, 0.6) is 0 Å². The summed E-state index contributed by atoms with van der Waals surface area (Å²) in [6.07, 6.45) is 4.85. The fourth-order valence-electron chi connectivity index (χ4n) is 4.59. The molecule has 0 saturated carbocycles. The first-order valence-electron chi connectivity index (χ1n) is 12.1. The molecule has 2 aliphatic heterocycles. The number of hydrogen-bond donors (Lipinski definition) is 0. The van der Waals surface area contributed by atoms with E-state index in [2.05, 4.69) is 15.0 Å². The van der Waals surface area contributed by atoms with Gasteiger partial charge >= 0.3 is 0 Å². The van der Waals surface area contributed by atoms with Gasteiger partial charge in [0.2, 0.25) is 0 Å². The Balaban J connectivity index is 1.48. The zero-order valence-electron chi connectivity index (χ0n) is 19.8. The third kappa shape index (κ3) is 5.55. The second-order valence-corrected chi connectivity index (χ2v) is 9.77. The smallest absolute Gasteiger partial charge is 0.255 e. The van der Waals surface area contributed by atoms with Gasteiger partial charge in [-0.2, -0.15) is 0 Å². The fraction of sp³-hybridized carbons (Fsp3) is 0.296. The van der Waals surface area contributed by atoms with Crippen molar-refractivity contribution in [3.05, 3.63) is 97.9 Å². The topological polar surface area (TPSA) is 59.2 Å². The lowest BCUT2D eigenvalue weighted by Crippen LogP contribution is -2.39.